The monoisotopic (exact) mass is 341 g/mol. The number of likely N-dealkylation sites (N-methyl/N-ethyl adjacent to an activating group) is 1. The van der Waals surface area contributed by atoms with Crippen molar-refractivity contribution >= 4 is 21.8 Å². The van der Waals surface area contributed by atoms with E-state index in [0.717, 1.165) is 0 Å². The summed E-state index contributed by atoms with van der Waals surface area (Å²) in [5.74, 6) is -0.253. The van der Waals surface area contributed by atoms with Gasteiger partial charge in [0.25, 0.3) is 5.91 Å². The number of aromatic nitrogens is 4. The Labute approximate surface area is 123 Å². The molecule has 0 aliphatic rings. The molecular formula is C12H13BrFN5O. The molecule has 8 heteroatoms. The maximum Gasteiger partial charge on any atom is 0.253 e. The minimum Gasteiger partial charge on any atom is -0.341 e. The topological polar surface area (TPSA) is 74.8 Å². The van der Waals surface area contributed by atoms with Crippen LogP contribution in [-0.2, 0) is 0 Å². The van der Waals surface area contributed by atoms with Crippen molar-refractivity contribution in [1.29, 1.82) is 0 Å². The van der Waals surface area contributed by atoms with Gasteiger partial charge in [0.1, 0.15) is 5.82 Å². The van der Waals surface area contributed by atoms with E-state index in [4.69, 9.17) is 0 Å². The van der Waals surface area contributed by atoms with E-state index in [1.54, 1.807) is 13.1 Å². The quantitative estimate of drug-likeness (QED) is 0.922. The van der Waals surface area contributed by atoms with Gasteiger partial charge in [0.15, 0.2) is 5.82 Å². The van der Waals surface area contributed by atoms with Crippen LogP contribution < -0.4 is 0 Å². The molecule has 0 saturated carbocycles. The maximum absolute atomic E-state index is 13.4. The van der Waals surface area contributed by atoms with Gasteiger partial charge in [0, 0.05) is 25.1 Å². The molecule has 2 rings (SSSR count). The summed E-state index contributed by atoms with van der Waals surface area (Å²) in [6, 6.07) is 4.30. The zero-order valence-electron chi connectivity index (χ0n) is 11.0. The third kappa shape index (κ3) is 3.19. The van der Waals surface area contributed by atoms with Crippen molar-refractivity contribution in [2.75, 3.05) is 13.6 Å². The van der Waals surface area contributed by atoms with Crippen LogP contribution in [0.4, 0.5) is 4.39 Å². The van der Waals surface area contributed by atoms with E-state index in [2.05, 4.69) is 36.6 Å². The van der Waals surface area contributed by atoms with E-state index in [9.17, 15) is 9.18 Å². The van der Waals surface area contributed by atoms with Gasteiger partial charge in [0.2, 0.25) is 0 Å². The van der Waals surface area contributed by atoms with E-state index in [1.165, 1.54) is 17.0 Å². The fraction of sp³-hybridized carbons (Fsp3) is 0.333. The molecule has 0 unspecified atom stereocenters. The number of amides is 1. The Balaban J connectivity index is 2.06. The van der Waals surface area contributed by atoms with E-state index >= 15 is 0 Å². The number of nitrogens with zero attached hydrogens (tertiary/aromatic N) is 4. The van der Waals surface area contributed by atoms with E-state index < -0.39 is 5.82 Å². The summed E-state index contributed by atoms with van der Waals surface area (Å²) in [7, 11) is 1.65. The van der Waals surface area contributed by atoms with Crippen LogP contribution in [0.3, 0.4) is 0 Å². The number of H-pyrrole nitrogens is 1. The Bertz CT molecular complexity index is 604. The lowest BCUT2D eigenvalue weighted by atomic mass is 10.1. The van der Waals surface area contributed by atoms with Crippen molar-refractivity contribution < 1.29 is 9.18 Å². The van der Waals surface area contributed by atoms with Crippen molar-refractivity contribution in [2.24, 2.45) is 0 Å². The number of hydrogen-bond donors (Lipinski definition) is 1. The van der Waals surface area contributed by atoms with Gasteiger partial charge in [-0.3, -0.25) is 4.79 Å². The molecule has 1 amide bonds. The first-order valence-electron chi connectivity index (χ1n) is 5.93. The van der Waals surface area contributed by atoms with Crippen LogP contribution in [0.5, 0.6) is 0 Å². The fourth-order valence-electron chi connectivity index (χ4n) is 1.80. The summed E-state index contributed by atoms with van der Waals surface area (Å²) < 4.78 is 13.8. The summed E-state index contributed by atoms with van der Waals surface area (Å²) in [6.45, 7) is 2.30. The van der Waals surface area contributed by atoms with Crippen LogP contribution in [0.15, 0.2) is 22.7 Å². The Morgan fingerprint density at radius 1 is 1.55 bits per heavy atom. The van der Waals surface area contributed by atoms with Gasteiger partial charge in [-0.2, -0.15) is 5.21 Å². The number of carbonyl (C=O) groups excluding carboxylic acids is 1. The van der Waals surface area contributed by atoms with Gasteiger partial charge in [-0.25, -0.2) is 4.39 Å². The van der Waals surface area contributed by atoms with Gasteiger partial charge < -0.3 is 4.90 Å². The molecule has 1 N–H and O–H groups in total. The SMILES string of the molecule is C[C@@H](CN(C)C(=O)c1ccc(Br)c(F)c1)c1nn[nH]n1. The van der Waals surface area contributed by atoms with Gasteiger partial charge >= 0.3 is 0 Å². The van der Waals surface area contributed by atoms with Crippen LogP contribution in [0, 0.1) is 5.82 Å². The van der Waals surface area contributed by atoms with E-state index in [1.807, 2.05) is 6.92 Å². The molecule has 0 aliphatic heterocycles. The molecule has 1 heterocycles. The molecule has 106 valence electrons. The summed E-state index contributed by atoms with van der Waals surface area (Å²) in [5.41, 5.74) is 0.300. The number of tetrazole rings is 1. The molecule has 0 spiro atoms. The Kier molecular flexibility index (Phi) is 4.43. The summed E-state index contributed by atoms with van der Waals surface area (Å²) in [5, 5.41) is 13.6. The third-order valence-electron chi connectivity index (χ3n) is 2.86. The van der Waals surface area contributed by atoms with E-state index in [0.29, 0.717) is 22.4 Å². The Hall–Kier alpha value is -1.83. The lowest BCUT2D eigenvalue weighted by Gasteiger charge is -2.20. The number of benzene rings is 1. The van der Waals surface area contributed by atoms with E-state index in [-0.39, 0.29) is 11.8 Å². The summed E-state index contributed by atoms with van der Waals surface area (Å²) >= 11 is 3.06. The first-order valence-corrected chi connectivity index (χ1v) is 6.72. The first-order chi connectivity index (χ1) is 9.49. The number of aromatic amines is 1. The molecule has 1 aromatic carbocycles. The highest BCUT2D eigenvalue weighted by Gasteiger charge is 2.18. The highest BCUT2D eigenvalue weighted by molar-refractivity contribution is 9.10. The third-order valence-corrected chi connectivity index (χ3v) is 3.51. The van der Waals surface area contributed by atoms with Gasteiger partial charge in [-0.1, -0.05) is 12.1 Å². The minimum atomic E-state index is -0.463. The average Bonchev–Trinajstić information content (AvgIpc) is 2.95. The van der Waals surface area contributed by atoms with Crippen LogP contribution >= 0.6 is 15.9 Å². The highest BCUT2D eigenvalue weighted by atomic mass is 79.9. The molecule has 20 heavy (non-hydrogen) atoms. The largest absolute Gasteiger partial charge is 0.341 e. The van der Waals surface area contributed by atoms with Gasteiger partial charge in [-0.05, 0) is 34.1 Å². The molecule has 0 aliphatic carbocycles. The summed E-state index contributed by atoms with van der Waals surface area (Å²) in [6.07, 6.45) is 0. The molecular weight excluding hydrogens is 329 g/mol. The maximum atomic E-state index is 13.4. The highest BCUT2D eigenvalue weighted by Crippen LogP contribution is 2.18. The molecule has 0 saturated heterocycles. The predicted molar refractivity (Wildman–Crippen MR) is 73.7 cm³/mol. The standard InChI is InChI=1S/C12H13BrFN5O/c1-7(11-15-17-18-16-11)6-19(2)12(20)8-3-4-9(13)10(14)5-8/h3-5,7H,6H2,1-2H3,(H,15,16,17,18)/t7-/m0/s1. The second-order valence-electron chi connectivity index (χ2n) is 4.49. The number of hydrogen-bond acceptors (Lipinski definition) is 4. The Morgan fingerprint density at radius 3 is 2.90 bits per heavy atom. The molecule has 1 atom stereocenters. The number of carbonyl (C=O) groups is 1. The first kappa shape index (κ1) is 14.6. The normalized spacial score (nSPS) is 12.2. The number of rotatable bonds is 4. The minimum absolute atomic E-state index is 0.0667. The van der Waals surface area contributed by atoms with Crippen LogP contribution in [0.1, 0.15) is 29.0 Å². The van der Waals surface area contributed by atoms with Crippen molar-refractivity contribution in [3.05, 3.63) is 39.9 Å². The van der Waals surface area contributed by atoms with Crippen molar-refractivity contribution in [2.45, 2.75) is 12.8 Å². The lowest BCUT2D eigenvalue weighted by Crippen LogP contribution is -2.30. The summed E-state index contributed by atoms with van der Waals surface area (Å²) in [4.78, 5) is 13.7. The molecule has 0 radical (unpaired) electrons. The van der Waals surface area contributed by atoms with Crippen molar-refractivity contribution in [1.82, 2.24) is 25.5 Å². The Morgan fingerprint density at radius 2 is 2.30 bits per heavy atom. The molecule has 2 aromatic rings. The molecule has 6 nitrogen and oxygen atoms in total. The molecule has 1 aromatic heterocycles. The van der Waals surface area contributed by atoms with Crippen LogP contribution in [0.2, 0.25) is 0 Å². The second-order valence-corrected chi connectivity index (χ2v) is 5.34. The van der Waals surface area contributed by atoms with Crippen LogP contribution in [0.25, 0.3) is 0 Å². The zero-order chi connectivity index (χ0) is 14.7. The smallest absolute Gasteiger partial charge is 0.253 e. The lowest BCUT2D eigenvalue weighted by molar-refractivity contribution is 0.0786. The zero-order valence-corrected chi connectivity index (χ0v) is 12.6. The molecule has 0 bridgehead atoms. The molecule has 0 fully saturated rings. The van der Waals surface area contributed by atoms with Gasteiger partial charge in [0.05, 0.1) is 4.47 Å². The number of nitrogens with one attached hydrogen (secondary N) is 1. The second kappa shape index (κ2) is 6.08. The van der Waals surface area contributed by atoms with Crippen LogP contribution in [-0.4, -0.2) is 45.0 Å². The number of halogens is 2. The van der Waals surface area contributed by atoms with Crippen molar-refractivity contribution in [3.8, 4) is 0 Å². The fourth-order valence-corrected chi connectivity index (χ4v) is 2.05. The predicted octanol–water partition coefficient (Wildman–Crippen LogP) is 1.98. The average molecular weight is 342 g/mol. The van der Waals surface area contributed by atoms with Crippen molar-refractivity contribution in [3.63, 3.8) is 0 Å². The van der Waals surface area contributed by atoms with Gasteiger partial charge in [-0.15, -0.1) is 10.2 Å².